The molecule has 0 spiro atoms. The van der Waals surface area contributed by atoms with Crippen LogP contribution in [0.5, 0.6) is 5.75 Å². The molecular formula is C31H36O. The highest BCUT2D eigenvalue weighted by Gasteiger charge is 2.11. The summed E-state index contributed by atoms with van der Waals surface area (Å²) in [5.41, 5.74) is 3.53. The number of rotatable bonds is 12. The first-order valence-corrected chi connectivity index (χ1v) is 12.0. The molecule has 0 bridgehead atoms. The minimum absolute atomic E-state index is 0.403. The summed E-state index contributed by atoms with van der Waals surface area (Å²) in [6.07, 6.45) is 16.0. The zero-order valence-corrected chi connectivity index (χ0v) is 19.2. The number of benzene rings is 3. The van der Waals surface area contributed by atoms with Gasteiger partial charge in [0.25, 0.3) is 0 Å². The van der Waals surface area contributed by atoms with Crippen molar-refractivity contribution in [2.24, 2.45) is 11.8 Å². The van der Waals surface area contributed by atoms with Gasteiger partial charge in [-0.2, -0.15) is 0 Å². The molecule has 3 aromatic carbocycles. The van der Waals surface area contributed by atoms with Gasteiger partial charge in [0.2, 0.25) is 0 Å². The molecule has 2 unspecified atom stereocenters. The van der Waals surface area contributed by atoms with Crippen molar-refractivity contribution in [2.75, 3.05) is 0 Å². The third-order valence-electron chi connectivity index (χ3n) is 6.00. The summed E-state index contributed by atoms with van der Waals surface area (Å²) in [6.45, 7) is 2.27. The highest BCUT2D eigenvalue weighted by Crippen LogP contribution is 2.26. The van der Waals surface area contributed by atoms with Crippen LogP contribution in [0, 0.1) is 11.8 Å². The van der Waals surface area contributed by atoms with Crippen LogP contribution < -0.4 is 0 Å². The predicted molar refractivity (Wildman–Crippen MR) is 139 cm³/mol. The molecule has 0 aliphatic carbocycles. The molecule has 1 N–H and O–H groups in total. The van der Waals surface area contributed by atoms with Crippen molar-refractivity contribution in [1.82, 2.24) is 0 Å². The van der Waals surface area contributed by atoms with Crippen molar-refractivity contribution in [3.63, 3.8) is 0 Å². The lowest BCUT2D eigenvalue weighted by atomic mass is 9.89. The van der Waals surface area contributed by atoms with E-state index in [2.05, 4.69) is 85.8 Å². The van der Waals surface area contributed by atoms with Gasteiger partial charge in [-0.05, 0) is 60.3 Å². The van der Waals surface area contributed by atoms with E-state index in [4.69, 9.17) is 0 Å². The minimum Gasteiger partial charge on any atom is -0.508 e. The minimum atomic E-state index is 0.403. The van der Waals surface area contributed by atoms with Crippen LogP contribution in [-0.4, -0.2) is 5.11 Å². The molecule has 0 aliphatic rings. The summed E-state index contributed by atoms with van der Waals surface area (Å²) in [5.74, 6) is 1.42. The Morgan fingerprint density at radius 1 is 0.656 bits per heavy atom. The number of aromatic hydroxyl groups is 1. The maximum atomic E-state index is 10.3. The van der Waals surface area contributed by atoms with E-state index in [1.807, 2.05) is 24.3 Å². The quantitative estimate of drug-likeness (QED) is 0.309. The van der Waals surface area contributed by atoms with Crippen LogP contribution in [0.3, 0.4) is 0 Å². The Labute approximate surface area is 194 Å². The zero-order valence-electron chi connectivity index (χ0n) is 19.2. The third-order valence-corrected chi connectivity index (χ3v) is 6.00. The van der Waals surface area contributed by atoms with Crippen molar-refractivity contribution < 1.29 is 5.11 Å². The van der Waals surface area contributed by atoms with Crippen LogP contribution in [0.4, 0.5) is 0 Å². The van der Waals surface area contributed by atoms with Gasteiger partial charge >= 0.3 is 0 Å². The number of allylic oxidation sites excluding steroid dienone is 2. The number of phenols is 1. The molecule has 0 saturated carbocycles. The normalized spacial score (nSPS) is 13.5. The topological polar surface area (TPSA) is 20.2 Å². The Kier molecular flexibility index (Phi) is 9.86. The van der Waals surface area contributed by atoms with Crippen molar-refractivity contribution in [3.05, 3.63) is 114 Å². The van der Waals surface area contributed by atoms with Gasteiger partial charge in [0.05, 0.1) is 0 Å². The highest BCUT2D eigenvalue weighted by atomic mass is 16.3. The molecule has 0 heterocycles. The zero-order chi connectivity index (χ0) is 22.4. The van der Waals surface area contributed by atoms with E-state index in [1.165, 1.54) is 36.8 Å². The fourth-order valence-electron chi connectivity index (χ4n) is 4.20. The first-order chi connectivity index (χ1) is 15.7. The van der Waals surface area contributed by atoms with Gasteiger partial charge in [-0.15, -0.1) is 0 Å². The standard InChI is InChI=1S/C31H36O/c1-2-12-26(21-22-27-13-5-3-6-14-27)17-11-18-29(24-23-28-15-7-4-8-16-28)25-30-19-9-10-20-31(30)32/h3-10,13-16,19-24,26,29,32H,2,11-12,17-18,25H2,1H3. The SMILES string of the molecule is CCCC(C=Cc1ccccc1)CCCC(C=Cc1ccccc1)Cc1ccccc1O. The van der Waals surface area contributed by atoms with Gasteiger partial charge in [-0.1, -0.05) is 123 Å². The third kappa shape index (κ3) is 8.23. The second-order valence-corrected chi connectivity index (χ2v) is 8.61. The van der Waals surface area contributed by atoms with Crippen LogP contribution in [0.2, 0.25) is 0 Å². The summed E-state index contributed by atoms with van der Waals surface area (Å²) >= 11 is 0. The summed E-state index contributed by atoms with van der Waals surface area (Å²) in [5, 5.41) is 10.3. The van der Waals surface area contributed by atoms with Crippen molar-refractivity contribution >= 4 is 12.2 Å². The Balaban J connectivity index is 1.63. The molecule has 0 aliphatic heterocycles. The van der Waals surface area contributed by atoms with Crippen LogP contribution >= 0.6 is 0 Å². The van der Waals surface area contributed by atoms with Gasteiger partial charge in [0, 0.05) is 0 Å². The van der Waals surface area contributed by atoms with E-state index in [0.29, 0.717) is 17.6 Å². The second-order valence-electron chi connectivity index (χ2n) is 8.61. The summed E-state index contributed by atoms with van der Waals surface area (Å²) < 4.78 is 0. The Bertz CT molecular complexity index is 956. The number of para-hydroxylation sites is 1. The van der Waals surface area contributed by atoms with E-state index in [-0.39, 0.29) is 0 Å². The smallest absolute Gasteiger partial charge is 0.118 e. The number of hydrogen-bond acceptors (Lipinski definition) is 1. The van der Waals surface area contributed by atoms with Gasteiger partial charge < -0.3 is 5.11 Å². The first-order valence-electron chi connectivity index (χ1n) is 12.0. The molecule has 3 aromatic rings. The molecule has 0 saturated heterocycles. The van der Waals surface area contributed by atoms with Crippen molar-refractivity contribution in [3.8, 4) is 5.75 Å². The lowest BCUT2D eigenvalue weighted by molar-refractivity contribution is 0.447. The monoisotopic (exact) mass is 424 g/mol. The molecular weight excluding hydrogens is 388 g/mol. The Hall–Kier alpha value is -3.06. The predicted octanol–water partition coefficient (Wildman–Crippen LogP) is 8.56. The van der Waals surface area contributed by atoms with E-state index in [0.717, 1.165) is 18.4 Å². The summed E-state index contributed by atoms with van der Waals surface area (Å²) in [4.78, 5) is 0. The average Bonchev–Trinajstić information content (AvgIpc) is 2.83. The van der Waals surface area contributed by atoms with Crippen LogP contribution in [0.25, 0.3) is 12.2 Å². The maximum Gasteiger partial charge on any atom is 0.118 e. The Morgan fingerprint density at radius 2 is 1.19 bits per heavy atom. The van der Waals surface area contributed by atoms with E-state index >= 15 is 0 Å². The van der Waals surface area contributed by atoms with Crippen LogP contribution in [0.15, 0.2) is 97.1 Å². The fourth-order valence-corrected chi connectivity index (χ4v) is 4.20. The molecule has 0 aromatic heterocycles. The first kappa shape index (κ1) is 23.6. The molecule has 3 rings (SSSR count). The molecule has 0 fully saturated rings. The second kappa shape index (κ2) is 13.4. The lowest BCUT2D eigenvalue weighted by Gasteiger charge is -2.17. The Morgan fingerprint density at radius 3 is 1.78 bits per heavy atom. The molecule has 166 valence electrons. The van der Waals surface area contributed by atoms with E-state index < -0.39 is 0 Å². The van der Waals surface area contributed by atoms with E-state index in [1.54, 1.807) is 6.07 Å². The van der Waals surface area contributed by atoms with Crippen LogP contribution in [0.1, 0.15) is 55.7 Å². The summed E-state index contributed by atoms with van der Waals surface area (Å²) in [6, 6.07) is 28.8. The van der Waals surface area contributed by atoms with Gasteiger partial charge in [0.1, 0.15) is 5.75 Å². The molecule has 32 heavy (non-hydrogen) atoms. The molecule has 1 nitrogen and oxygen atoms in total. The van der Waals surface area contributed by atoms with Crippen molar-refractivity contribution in [2.45, 2.75) is 45.4 Å². The van der Waals surface area contributed by atoms with Gasteiger partial charge in [-0.25, -0.2) is 0 Å². The molecule has 2 atom stereocenters. The molecule has 1 heteroatoms. The number of hydrogen-bond donors (Lipinski definition) is 1. The molecule has 0 radical (unpaired) electrons. The number of phenolic OH excluding ortho intramolecular Hbond substituents is 1. The van der Waals surface area contributed by atoms with Gasteiger partial charge in [-0.3, -0.25) is 0 Å². The fraction of sp³-hybridized carbons (Fsp3) is 0.290. The van der Waals surface area contributed by atoms with Crippen molar-refractivity contribution in [1.29, 1.82) is 0 Å². The average molecular weight is 425 g/mol. The van der Waals surface area contributed by atoms with Gasteiger partial charge in [0.15, 0.2) is 0 Å². The summed E-state index contributed by atoms with van der Waals surface area (Å²) in [7, 11) is 0. The van der Waals surface area contributed by atoms with Crippen LogP contribution in [-0.2, 0) is 6.42 Å². The van der Waals surface area contributed by atoms with E-state index in [9.17, 15) is 5.11 Å². The lowest BCUT2D eigenvalue weighted by Crippen LogP contribution is -2.04. The largest absolute Gasteiger partial charge is 0.508 e. The highest BCUT2D eigenvalue weighted by molar-refractivity contribution is 5.50. The maximum absolute atomic E-state index is 10.3. The molecule has 0 amide bonds.